The number of esters is 1. The largest absolute Gasteiger partial charge is 0.507 e. The monoisotopic (exact) mass is 827 g/mol. The number of ketones is 1. The van der Waals surface area contributed by atoms with Gasteiger partial charge in [0, 0.05) is 61.2 Å². The number of hydrogen-bond donors (Lipinski definition) is 6. The second kappa shape index (κ2) is 18.5. The van der Waals surface area contributed by atoms with Gasteiger partial charge in [0.15, 0.2) is 5.75 Å². The zero-order valence-corrected chi connectivity index (χ0v) is 35.0. The van der Waals surface area contributed by atoms with Gasteiger partial charge in [-0.1, -0.05) is 76.3 Å². The third kappa shape index (κ3) is 8.93. The number of phenols is 3. The number of allylic oxidation sites excluding steroid dienone is 2. The lowest BCUT2D eigenvalue weighted by Crippen LogP contribution is -2.46. The van der Waals surface area contributed by atoms with Crippen molar-refractivity contribution in [3.63, 3.8) is 0 Å². The molecule has 3 aliphatic rings. The third-order valence-corrected chi connectivity index (χ3v) is 11.3. The van der Waals surface area contributed by atoms with Gasteiger partial charge >= 0.3 is 11.8 Å². The summed E-state index contributed by atoms with van der Waals surface area (Å²) in [6.07, 6.45) is 5.95. The predicted molar refractivity (Wildman–Crippen MR) is 225 cm³/mol. The molecular weight excluding hydrogens is 775 g/mol. The number of Topliss-reactive ketones (excluding diaryl/α,β-unsaturated/α-hetero) is 1. The minimum atomic E-state index is -2.07. The number of aliphatic hydroxyl groups excluding tert-OH is 2. The molecule has 0 radical (unpaired) electrons. The van der Waals surface area contributed by atoms with Crippen LogP contribution in [0.1, 0.15) is 75.5 Å². The number of carbonyl (C=O) groups excluding carboxylic acids is 3. The van der Waals surface area contributed by atoms with Crippen molar-refractivity contribution in [2.24, 2.45) is 33.9 Å². The van der Waals surface area contributed by atoms with Crippen molar-refractivity contribution in [1.82, 2.24) is 0 Å². The van der Waals surface area contributed by atoms with E-state index in [1.54, 1.807) is 52.0 Å². The van der Waals surface area contributed by atoms with Crippen LogP contribution in [0.5, 0.6) is 23.0 Å². The summed E-state index contributed by atoms with van der Waals surface area (Å²) in [7, 11) is 1.43. The van der Waals surface area contributed by atoms with Gasteiger partial charge in [0.05, 0.1) is 59.2 Å². The van der Waals surface area contributed by atoms with E-state index in [2.05, 4.69) is 15.5 Å². The number of benzene rings is 3. The zero-order valence-electron chi connectivity index (χ0n) is 35.0. The van der Waals surface area contributed by atoms with E-state index >= 15 is 0 Å². The first-order valence-corrected chi connectivity index (χ1v) is 19.5. The Morgan fingerprint density at radius 2 is 1.55 bits per heavy atom. The molecule has 3 aromatic rings. The van der Waals surface area contributed by atoms with Gasteiger partial charge in [-0.05, 0) is 25.5 Å². The number of rotatable bonds is 5. The van der Waals surface area contributed by atoms with Gasteiger partial charge in [0.25, 0.3) is 11.7 Å². The topological polar surface area (TPSA) is 226 Å². The van der Waals surface area contributed by atoms with E-state index in [4.69, 9.17) is 18.9 Å². The maximum atomic E-state index is 14.4. The number of aromatic hydroxyl groups is 3. The molecule has 0 aromatic heterocycles. The summed E-state index contributed by atoms with van der Waals surface area (Å²) in [5.41, 5.74) is 0.0665. The highest BCUT2D eigenvalue weighted by Crippen LogP contribution is 2.55. The molecule has 6 rings (SSSR count). The van der Waals surface area contributed by atoms with Gasteiger partial charge in [-0.2, -0.15) is 10.2 Å². The van der Waals surface area contributed by atoms with E-state index in [1.165, 1.54) is 59.4 Å². The van der Waals surface area contributed by atoms with Crippen LogP contribution in [-0.4, -0.2) is 92.9 Å². The first kappa shape index (κ1) is 45.1. The molecule has 9 atom stereocenters. The molecular formula is C45H53N3O12. The van der Waals surface area contributed by atoms with Gasteiger partial charge in [-0.3, -0.25) is 14.4 Å². The Bertz CT molecular complexity index is 2280. The highest BCUT2D eigenvalue weighted by molar-refractivity contribution is 6.23. The minimum absolute atomic E-state index is 0.0282. The summed E-state index contributed by atoms with van der Waals surface area (Å²) in [6.45, 7) is 12.4. The highest BCUT2D eigenvalue weighted by Gasteiger charge is 2.50. The van der Waals surface area contributed by atoms with E-state index in [9.17, 15) is 39.9 Å². The Hall–Kier alpha value is -6.03. The number of methoxy groups -OCH3 is 1. The van der Waals surface area contributed by atoms with Crippen LogP contribution in [0.3, 0.4) is 0 Å². The van der Waals surface area contributed by atoms with E-state index in [-0.39, 0.29) is 44.5 Å². The van der Waals surface area contributed by atoms with Crippen molar-refractivity contribution in [2.45, 2.75) is 85.6 Å². The molecule has 1 amide bonds. The molecule has 320 valence electrons. The zero-order chi connectivity index (χ0) is 44.2. The third-order valence-electron chi connectivity index (χ3n) is 11.3. The molecule has 3 heterocycles. The SMILES string of the molecule is CO[C@H]1/C=C/O[C@@]2(C)Oc3c(C)c(O)c4c(O)c(c(/C=N\N=C\c5ccccc5)c(O)c4c3C2=O)NC(=O)/C(C)=C\C=C\[C@H](C)[C@H](O)[C@@H](C)[C@@H](O)[C@@H](C)[C@H](OC(C)=O)[C@@H]1C. The minimum Gasteiger partial charge on any atom is -0.507 e. The number of nitrogens with one attached hydrogen (secondary N) is 1. The van der Waals surface area contributed by atoms with Gasteiger partial charge in [-0.15, -0.1) is 0 Å². The Labute approximate surface area is 348 Å². The number of nitrogens with zero attached hydrogens (tertiary/aromatic N) is 2. The van der Waals surface area contributed by atoms with Crippen molar-refractivity contribution in [2.75, 3.05) is 12.4 Å². The lowest BCUT2D eigenvalue weighted by molar-refractivity contribution is -0.160. The average molecular weight is 828 g/mol. The molecule has 0 saturated heterocycles. The van der Waals surface area contributed by atoms with Crippen molar-refractivity contribution in [3.05, 3.63) is 88.7 Å². The summed E-state index contributed by atoms with van der Waals surface area (Å²) < 4.78 is 23.5. The van der Waals surface area contributed by atoms with Gasteiger partial charge in [0.1, 0.15) is 23.4 Å². The molecule has 6 N–H and O–H groups in total. The fourth-order valence-corrected chi connectivity index (χ4v) is 7.60. The van der Waals surface area contributed by atoms with Gasteiger partial charge < -0.3 is 49.8 Å². The smallest absolute Gasteiger partial charge is 0.312 e. The lowest BCUT2D eigenvalue weighted by atomic mass is 9.78. The Morgan fingerprint density at radius 3 is 2.20 bits per heavy atom. The molecule has 0 fully saturated rings. The second-order valence-electron chi connectivity index (χ2n) is 15.5. The standard InChI is InChI=1S/C45H53N3O12/c1-22-14-13-15-23(2)44(56)48-35-30(21-47-46-20-29-16-11-10-12-17-29)39(53)32-33(40(35)54)38(52)27(6)42-34(32)43(55)45(8,60-42)58-19-18-31(57-9)24(3)41(59-28(7)49)26(5)37(51)25(4)36(22)50/h10-22,24-26,31,36-37,41,50-54H,1-9H3,(H,48,56)/b14-13+,19-18+,23-15-,46-20+,47-21-/t22-,24+,25+,26+,31-,36-,37+,41+,45-/m0/s1. The van der Waals surface area contributed by atoms with Crippen LogP contribution in [0, 0.1) is 30.6 Å². The molecule has 0 saturated carbocycles. The van der Waals surface area contributed by atoms with Crippen molar-refractivity contribution >= 4 is 46.5 Å². The van der Waals surface area contributed by atoms with E-state index in [0.29, 0.717) is 5.56 Å². The summed E-state index contributed by atoms with van der Waals surface area (Å²) in [6, 6.07) is 9.03. The number of amides is 1. The summed E-state index contributed by atoms with van der Waals surface area (Å²) in [5.74, 6) is -8.71. The Balaban J connectivity index is 1.71. The van der Waals surface area contributed by atoms with Gasteiger partial charge in [0.2, 0.25) is 0 Å². The number of carbonyl (C=O) groups is 3. The molecule has 15 heteroatoms. The molecule has 60 heavy (non-hydrogen) atoms. The van der Waals surface area contributed by atoms with E-state index < -0.39 is 88.8 Å². The van der Waals surface area contributed by atoms with Crippen LogP contribution in [0.2, 0.25) is 0 Å². The van der Waals surface area contributed by atoms with Crippen molar-refractivity contribution in [1.29, 1.82) is 0 Å². The number of phenolic OH excluding ortho intramolecular Hbond substituents is 3. The molecule has 3 aliphatic heterocycles. The molecule has 15 nitrogen and oxygen atoms in total. The molecule has 5 bridgehead atoms. The lowest BCUT2D eigenvalue weighted by Gasteiger charge is -2.38. The number of hydrogen-bond acceptors (Lipinski definition) is 14. The van der Waals surface area contributed by atoms with Gasteiger partial charge in [-0.25, -0.2) is 0 Å². The van der Waals surface area contributed by atoms with E-state index in [0.717, 1.165) is 6.21 Å². The van der Waals surface area contributed by atoms with Crippen LogP contribution in [0.4, 0.5) is 5.69 Å². The summed E-state index contributed by atoms with van der Waals surface area (Å²) in [4.78, 5) is 40.4. The Morgan fingerprint density at radius 1 is 0.883 bits per heavy atom. The number of ether oxygens (including phenoxy) is 4. The molecule has 3 aromatic carbocycles. The van der Waals surface area contributed by atoms with Crippen LogP contribution in [0.25, 0.3) is 10.8 Å². The molecule has 0 aliphatic carbocycles. The fourth-order valence-electron chi connectivity index (χ4n) is 7.60. The maximum absolute atomic E-state index is 14.4. The quantitative estimate of drug-likeness (QED) is 0.0555. The average Bonchev–Trinajstić information content (AvgIpc) is 3.48. The predicted octanol–water partition coefficient (Wildman–Crippen LogP) is 6.21. The molecule has 0 unspecified atom stereocenters. The maximum Gasteiger partial charge on any atom is 0.312 e. The van der Waals surface area contributed by atoms with Crippen molar-refractivity contribution < 1.29 is 58.9 Å². The Kier molecular flexibility index (Phi) is 13.9. The normalized spacial score (nSPS) is 29.9. The summed E-state index contributed by atoms with van der Waals surface area (Å²) in [5, 5.41) is 68.3. The molecule has 0 spiro atoms. The number of aliphatic hydroxyl groups is 2. The first-order valence-electron chi connectivity index (χ1n) is 19.5. The number of anilines is 1. The van der Waals surface area contributed by atoms with Crippen LogP contribution in [0.15, 0.2) is 76.7 Å². The van der Waals surface area contributed by atoms with Crippen molar-refractivity contribution in [3.8, 4) is 23.0 Å². The van der Waals surface area contributed by atoms with Crippen LogP contribution >= 0.6 is 0 Å². The summed E-state index contributed by atoms with van der Waals surface area (Å²) >= 11 is 0. The second-order valence-corrected chi connectivity index (χ2v) is 15.5. The highest BCUT2D eigenvalue weighted by atomic mass is 16.7. The first-order chi connectivity index (χ1) is 28.3. The van der Waals surface area contributed by atoms with E-state index in [1.807, 2.05) is 18.2 Å². The van der Waals surface area contributed by atoms with Crippen LogP contribution < -0.4 is 10.1 Å². The fraction of sp³-hybridized carbons (Fsp3) is 0.400. The van der Waals surface area contributed by atoms with Crippen LogP contribution in [-0.2, 0) is 23.8 Å². The number of fused-ring (bicyclic) bond motifs is 14.